The minimum atomic E-state index is -3.82. The maximum Gasteiger partial charge on any atom is 0.338 e. The lowest BCUT2D eigenvalue weighted by Crippen LogP contribution is -2.26. The molecular formula is C22H20ClNO4S. The van der Waals surface area contributed by atoms with Crippen molar-refractivity contribution in [3.05, 3.63) is 94.5 Å². The molecule has 3 aromatic carbocycles. The molecule has 0 spiro atoms. The molecule has 0 saturated heterocycles. The van der Waals surface area contributed by atoms with Crippen LogP contribution in [0.3, 0.4) is 0 Å². The normalized spacial score (nSPS) is 11.1. The van der Waals surface area contributed by atoms with Gasteiger partial charge >= 0.3 is 5.97 Å². The molecule has 0 N–H and O–H groups in total. The van der Waals surface area contributed by atoms with Gasteiger partial charge in [-0.15, -0.1) is 0 Å². The maximum atomic E-state index is 13.0. The number of rotatable bonds is 6. The number of anilines is 1. The summed E-state index contributed by atoms with van der Waals surface area (Å²) in [7, 11) is -2.34. The van der Waals surface area contributed by atoms with Crippen LogP contribution in [0.4, 0.5) is 5.69 Å². The number of carbonyl (C=O) groups is 1. The van der Waals surface area contributed by atoms with Crippen molar-refractivity contribution < 1.29 is 17.9 Å². The van der Waals surface area contributed by atoms with E-state index in [1.54, 1.807) is 36.4 Å². The summed E-state index contributed by atoms with van der Waals surface area (Å²) in [4.78, 5) is 12.4. The lowest BCUT2D eigenvalue weighted by molar-refractivity contribution is 0.0472. The summed E-state index contributed by atoms with van der Waals surface area (Å²) >= 11 is 5.84. The summed E-state index contributed by atoms with van der Waals surface area (Å²) in [6.45, 7) is 1.99. The van der Waals surface area contributed by atoms with E-state index < -0.39 is 16.0 Å². The molecule has 5 nitrogen and oxygen atoms in total. The first-order valence-electron chi connectivity index (χ1n) is 8.84. The molecule has 0 aliphatic carbocycles. The van der Waals surface area contributed by atoms with Gasteiger partial charge in [0.1, 0.15) is 6.61 Å². The highest BCUT2D eigenvalue weighted by Crippen LogP contribution is 2.23. The Morgan fingerprint density at radius 3 is 2.31 bits per heavy atom. The van der Waals surface area contributed by atoms with E-state index in [1.165, 1.54) is 35.6 Å². The van der Waals surface area contributed by atoms with Gasteiger partial charge in [0.15, 0.2) is 0 Å². The van der Waals surface area contributed by atoms with Crippen LogP contribution in [0.2, 0.25) is 5.02 Å². The minimum absolute atomic E-state index is 0.0153. The minimum Gasteiger partial charge on any atom is -0.457 e. The summed E-state index contributed by atoms with van der Waals surface area (Å²) in [5.41, 5.74) is 2.51. The molecule has 0 radical (unpaired) electrons. The average molecular weight is 430 g/mol. The van der Waals surface area contributed by atoms with Crippen LogP contribution in [-0.4, -0.2) is 21.4 Å². The molecule has 0 saturated carbocycles. The zero-order valence-corrected chi connectivity index (χ0v) is 17.6. The number of hydrogen-bond acceptors (Lipinski definition) is 4. The van der Waals surface area contributed by atoms with E-state index in [4.69, 9.17) is 16.3 Å². The van der Waals surface area contributed by atoms with Crippen molar-refractivity contribution in [2.75, 3.05) is 11.4 Å². The Hall–Kier alpha value is -2.83. The molecule has 0 fully saturated rings. The first kappa shape index (κ1) is 20.9. The van der Waals surface area contributed by atoms with E-state index in [0.29, 0.717) is 10.7 Å². The number of benzene rings is 3. The van der Waals surface area contributed by atoms with E-state index in [2.05, 4.69) is 0 Å². The molecule has 0 unspecified atom stereocenters. The number of ether oxygens (including phenoxy) is 1. The largest absolute Gasteiger partial charge is 0.457 e. The van der Waals surface area contributed by atoms with Gasteiger partial charge in [-0.2, -0.15) is 0 Å². The summed E-state index contributed by atoms with van der Waals surface area (Å²) in [5.74, 6) is -0.602. The molecule has 0 aromatic heterocycles. The van der Waals surface area contributed by atoms with E-state index in [1.807, 2.05) is 19.1 Å². The summed E-state index contributed by atoms with van der Waals surface area (Å²) in [5, 5.41) is 0.593. The van der Waals surface area contributed by atoms with E-state index in [9.17, 15) is 13.2 Å². The van der Waals surface area contributed by atoms with Gasteiger partial charge in [0, 0.05) is 12.1 Å². The second-order valence-electron chi connectivity index (χ2n) is 6.54. The van der Waals surface area contributed by atoms with Crippen LogP contribution < -0.4 is 4.31 Å². The third kappa shape index (κ3) is 4.96. The van der Waals surface area contributed by atoms with Crippen LogP contribution in [-0.2, 0) is 21.4 Å². The summed E-state index contributed by atoms with van der Waals surface area (Å²) in [6, 6.07) is 19.9. The van der Waals surface area contributed by atoms with Gasteiger partial charge in [-0.25, -0.2) is 13.2 Å². The fourth-order valence-electron chi connectivity index (χ4n) is 2.65. The van der Waals surface area contributed by atoms with Gasteiger partial charge in [0.25, 0.3) is 10.0 Å². The lowest BCUT2D eigenvalue weighted by atomic mass is 10.2. The Kier molecular flexibility index (Phi) is 6.25. The van der Waals surface area contributed by atoms with Gasteiger partial charge in [-0.3, -0.25) is 4.31 Å². The second-order valence-corrected chi connectivity index (χ2v) is 8.94. The quantitative estimate of drug-likeness (QED) is 0.526. The Morgan fingerprint density at radius 1 is 1.00 bits per heavy atom. The van der Waals surface area contributed by atoms with Crippen LogP contribution in [0.1, 0.15) is 21.5 Å². The molecule has 29 heavy (non-hydrogen) atoms. The SMILES string of the molecule is Cc1ccc(N(C)S(=O)(=O)c2cccc(C(=O)OCc3ccc(Cl)cc3)c2)cc1. The third-order valence-electron chi connectivity index (χ3n) is 4.41. The van der Waals surface area contributed by atoms with Crippen LogP contribution in [0.15, 0.2) is 77.7 Å². The molecule has 0 bridgehead atoms. The number of sulfonamides is 1. The van der Waals surface area contributed by atoms with Crippen LogP contribution in [0.25, 0.3) is 0 Å². The number of aryl methyl sites for hydroxylation is 1. The molecule has 3 aromatic rings. The van der Waals surface area contributed by atoms with Gasteiger partial charge in [0.2, 0.25) is 0 Å². The van der Waals surface area contributed by atoms with E-state index >= 15 is 0 Å². The molecule has 0 aliphatic rings. The predicted molar refractivity (Wildman–Crippen MR) is 114 cm³/mol. The van der Waals surface area contributed by atoms with Crippen molar-refractivity contribution in [2.45, 2.75) is 18.4 Å². The van der Waals surface area contributed by atoms with Crippen molar-refractivity contribution in [1.29, 1.82) is 0 Å². The fourth-order valence-corrected chi connectivity index (χ4v) is 4.02. The molecule has 0 heterocycles. The molecule has 0 atom stereocenters. The first-order chi connectivity index (χ1) is 13.8. The predicted octanol–water partition coefficient (Wildman–Crippen LogP) is 4.83. The van der Waals surface area contributed by atoms with E-state index in [-0.39, 0.29) is 17.1 Å². The zero-order chi connectivity index (χ0) is 21.0. The topological polar surface area (TPSA) is 63.7 Å². The van der Waals surface area contributed by atoms with Crippen molar-refractivity contribution in [3.63, 3.8) is 0 Å². The number of esters is 1. The van der Waals surface area contributed by atoms with E-state index in [0.717, 1.165) is 11.1 Å². The summed E-state index contributed by atoms with van der Waals surface area (Å²) < 4.78 is 32.4. The Labute approximate surface area is 175 Å². The first-order valence-corrected chi connectivity index (χ1v) is 10.7. The van der Waals surface area contributed by atoms with Crippen LogP contribution >= 0.6 is 11.6 Å². The van der Waals surface area contributed by atoms with Crippen LogP contribution in [0.5, 0.6) is 0 Å². The number of nitrogens with zero attached hydrogens (tertiary/aromatic N) is 1. The highest BCUT2D eigenvalue weighted by molar-refractivity contribution is 7.92. The second kappa shape index (κ2) is 8.68. The molecular weight excluding hydrogens is 410 g/mol. The van der Waals surface area contributed by atoms with Gasteiger partial charge in [-0.1, -0.05) is 47.5 Å². The van der Waals surface area contributed by atoms with Crippen molar-refractivity contribution in [3.8, 4) is 0 Å². The third-order valence-corrected chi connectivity index (χ3v) is 6.44. The zero-order valence-electron chi connectivity index (χ0n) is 16.0. The fraction of sp³-hybridized carbons (Fsp3) is 0.136. The summed E-state index contributed by atoms with van der Waals surface area (Å²) in [6.07, 6.45) is 0. The van der Waals surface area contributed by atoms with Crippen molar-refractivity contribution in [2.24, 2.45) is 0 Å². The Morgan fingerprint density at radius 2 is 1.66 bits per heavy atom. The monoisotopic (exact) mass is 429 g/mol. The van der Waals surface area contributed by atoms with Gasteiger partial charge in [-0.05, 0) is 55.0 Å². The lowest BCUT2D eigenvalue weighted by Gasteiger charge is -2.20. The average Bonchev–Trinajstić information content (AvgIpc) is 2.73. The number of hydrogen-bond donors (Lipinski definition) is 0. The molecule has 7 heteroatoms. The van der Waals surface area contributed by atoms with Gasteiger partial charge in [0.05, 0.1) is 16.1 Å². The van der Waals surface area contributed by atoms with Crippen molar-refractivity contribution >= 4 is 33.3 Å². The van der Waals surface area contributed by atoms with Gasteiger partial charge < -0.3 is 4.74 Å². The highest BCUT2D eigenvalue weighted by atomic mass is 35.5. The maximum absolute atomic E-state index is 13.0. The van der Waals surface area contributed by atoms with Crippen LogP contribution in [0, 0.1) is 6.92 Å². The smallest absolute Gasteiger partial charge is 0.338 e. The van der Waals surface area contributed by atoms with Crippen molar-refractivity contribution in [1.82, 2.24) is 0 Å². The molecule has 3 rings (SSSR count). The molecule has 150 valence electrons. The highest BCUT2D eigenvalue weighted by Gasteiger charge is 2.22. The Bertz CT molecular complexity index is 1110. The molecule has 0 aliphatic heterocycles. The molecule has 0 amide bonds. The standard InChI is InChI=1S/C22H20ClNO4S/c1-16-6-12-20(13-7-16)24(2)29(26,27)21-5-3-4-18(14-21)22(25)28-15-17-8-10-19(23)11-9-17/h3-14H,15H2,1-2H3. The Balaban J connectivity index is 1.77. The number of carbonyl (C=O) groups excluding carboxylic acids is 1. The number of halogens is 1.